The summed E-state index contributed by atoms with van der Waals surface area (Å²) in [6, 6.07) is 14.4. The smallest absolute Gasteiger partial charge is 0.276 e. The number of phenolic OH excluding ortho intramolecular Hbond substituents is 1. The summed E-state index contributed by atoms with van der Waals surface area (Å²) >= 11 is 0. The number of hydrogen-bond acceptors (Lipinski definition) is 4. The summed E-state index contributed by atoms with van der Waals surface area (Å²) in [6.45, 7) is 3.86. The molecule has 126 valence electrons. The van der Waals surface area contributed by atoms with Crippen LogP contribution < -0.4 is 15.6 Å². The van der Waals surface area contributed by atoms with Gasteiger partial charge in [0.15, 0.2) is 6.61 Å². The minimum atomic E-state index is -0.285. The van der Waals surface area contributed by atoms with E-state index in [4.69, 9.17) is 4.74 Å². The first kappa shape index (κ1) is 17.4. The Morgan fingerprint density at radius 2 is 1.75 bits per heavy atom. The third-order valence-electron chi connectivity index (χ3n) is 3.51. The second kappa shape index (κ2) is 8.62. The number of nitrogens with one attached hydrogen (secondary N) is 2. The summed E-state index contributed by atoms with van der Waals surface area (Å²) in [5, 5.41) is 9.31. The highest BCUT2D eigenvalue weighted by Crippen LogP contribution is 2.15. The van der Waals surface area contributed by atoms with E-state index < -0.39 is 0 Å². The van der Waals surface area contributed by atoms with Crippen molar-refractivity contribution in [2.45, 2.75) is 20.3 Å². The van der Waals surface area contributed by atoms with Crippen molar-refractivity contribution in [2.24, 2.45) is 0 Å². The molecule has 0 saturated carbocycles. The van der Waals surface area contributed by atoms with E-state index in [0.29, 0.717) is 5.75 Å². The van der Waals surface area contributed by atoms with Gasteiger partial charge in [-0.3, -0.25) is 15.6 Å². The van der Waals surface area contributed by atoms with Gasteiger partial charge in [0.1, 0.15) is 11.5 Å². The summed E-state index contributed by atoms with van der Waals surface area (Å²) in [7, 11) is 0. The monoisotopic (exact) mass is 326 g/mol. The Morgan fingerprint density at radius 1 is 1.08 bits per heavy atom. The Labute approximate surface area is 141 Å². The van der Waals surface area contributed by atoms with Crippen LogP contribution in [0.1, 0.15) is 25.0 Å². The Kier molecular flexibility index (Phi) is 6.25. The number of allylic oxidation sites excluding steroid dienone is 1. The van der Waals surface area contributed by atoms with Crippen LogP contribution in [0.2, 0.25) is 0 Å². The molecule has 0 radical (unpaired) electrons. The van der Waals surface area contributed by atoms with Crippen molar-refractivity contribution >= 4 is 11.6 Å². The maximum absolute atomic E-state index is 11.9. The quantitative estimate of drug-likeness (QED) is 0.684. The minimum absolute atomic E-state index is 0.0783. The summed E-state index contributed by atoms with van der Waals surface area (Å²) in [5.74, 6) is 0.570. The van der Waals surface area contributed by atoms with E-state index in [0.717, 1.165) is 17.7 Å². The Balaban J connectivity index is 1.82. The van der Waals surface area contributed by atoms with Gasteiger partial charge in [-0.15, -0.1) is 0 Å². The molecule has 0 aliphatic heterocycles. The molecule has 0 heterocycles. The van der Waals surface area contributed by atoms with Gasteiger partial charge in [0, 0.05) is 0 Å². The van der Waals surface area contributed by atoms with E-state index in [2.05, 4.69) is 17.8 Å². The number of carbonyl (C=O) groups is 1. The van der Waals surface area contributed by atoms with Crippen LogP contribution in [0.5, 0.6) is 11.5 Å². The number of amides is 1. The molecule has 0 aliphatic rings. The van der Waals surface area contributed by atoms with Crippen molar-refractivity contribution in [3.63, 3.8) is 0 Å². The lowest BCUT2D eigenvalue weighted by Crippen LogP contribution is -2.39. The van der Waals surface area contributed by atoms with Gasteiger partial charge in [0.05, 0.1) is 5.70 Å². The van der Waals surface area contributed by atoms with Crippen LogP contribution in [-0.2, 0) is 11.2 Å². The summed E-state index contributed by atoms with van der Waals surface area (Å²) in [6.07, 6.45) is 2.80. The number of hydrazine groups is 1. The Hall–Kier alpha value is -2.95. The standard InChI is InChI=1S/C19H22N2O3/c1-3-14-5-11-17(12-6-14)24-13-19(23)21-20-18(4-2)15-7-9-16(22)10-8-15/h4-12,20,22H,3,13H2,1-2H3,(H,21,23)/b18-4+. The maximum atomic E-state index is 11.9. The average molecular weight is 326 g/mol. The highest BCUT2D eigenvalue weighted by molar-refractivity contribution is 5.78. The molecule has 0 aromatic heterocycles. The van der Waals surface area contributed by atoms with E-state index >= 15 is 0 Å². The lowest BCUT2D eigenvalue weighted by molar-refractivity contribution is -0.123. The number of benzene rings is 2. The van der Waals surface area contributed by atoms with Crippen LogP contribution in [-0.4, -0.2) is 17.6 Å². The molecule has 0 aliphatic carbocycles. The molecule has 0 saturated heterocycles. The van der Waals surface area contributed by atoms with Crippen molar-refractivity contribution in [1.82, 2.24) is 10.9 Å². The number of phenols is 1. The van der Waals surface area contributed by atoms with Crippen molar-refractivity contribution in [3.8, 4) is 11.5 Å². The molecular formula is C19H22N2O3. The summed E-state index contributed by atoms with van der Waals surface area (Å²) in [5.41, 5.74) is 8.26. The Bertz CT molecular complexity index is 692. The third kappa shape index (κ3) is 5.05. The molecule has 2 aromatic carbocycles. The molecule has 0 spiro atoms. The van der Waals surface area contributed by atoms with Crippen LogP contribution in [0.3, 0.4) is 0 Å². The third-order valence-corrected chi connectivity index (χ3v) is 3.51. The van der Waals surface area contributed by atoms with Gasteiger partial charge in [-0.2, -0.15) is 0 Å². The van der Waals surface area contributed by atoms with Gasteiger partial charge in [0.2, 0.25) is 0 Å². The fourth-order valence-electron chi connectivity index (χ4n) is 2.10. The summed E-state index contributed by atoms with van der Waals surface area (Å²) < 4.78 is 5.45. The number of hydrogen-bond donors (Lipinski definition) is 3. The molecule has 0 fully saturated rings. The van der Waals surface area contributed by atoms with Gasteiger partial charge in [0.25, 0.3) is 5.91 Å². The molecule has 0 atom stereocenters. The van der Waals surface area contributed by atoms with Gasteiger partial charge in [-0.05, 0) is 60.9 Å². The lowest BCUT2D eigenvalue weighted by atomic mass is 10.1. The van der Waals surface area contributed by atoms with E-state index in [1.54, 1.807) is 24.3 Å². The molecule has 3 N–H and O–H groups in total. The van der Waals surface area contributed by atoms with Gasteiger partial charge >= 0.3 is 0 Å². The average Bonchev–Trinajstić information content (AvgIpc) is 2.62. The number of aryl methyl sites for hydroxylation is 1. The van der Waals surface area contributed by atoms with E-state index in [-0.39, 0.29) is 18.3 Å². The van der Waals surface area contributed by atoms with Crippen LogP contribution in [0.4, 0.5) is 0 Å². The second-order valence-electron chi connectivity index (χ2n) is 5.21. The molecular weight excluding hydrogens is 304 g/mol. The van der Waals surface area contributed by atoms with Crippen LogP contribution >= 0.6 is 0 Å². The fraction of sp³-hybridized carbons (Fsp3) is 0.211. The zero-order chi connectivity index (χ0) is 17.4. The van der Waals surface area contributed by atoms with Crippen LogP contribution in [0.15, 0.2) is 54.6 Å². The highest BCUT2D eigenvalue weighted by Gasteiger charge is 2.05. The number of carbonyl (C=O) groups excluding carboxylic acids is 1. The fourth-order valence-corrected chi connectivity index (χ4v) is 2.10. The first-order valence-corrected chi connectivity index (χ1v) is 7.84. The molecule has 0 unspecified atom stereocenters. The number of ether oxygens (including phenoxy) is 1. The van der Waals surface area contributed by atoms with Crippen molar-refractivity contribution < 1.29 is 14.6 Å². The van der Waals surface area contributed by atoms with E-state index in [9.17, 15) is 9.90 Å². The predicted octanol–water partition coefficient (Wildman–Crippen LogP) is 3.02. The van der Waals surface area contributed by atoms with E-state index in [1.165, 1.54) is 5.56 Å². The minimum Gasteiger partial charge on any atom is -0.508 e. The number of rotatable bonds is 7. The van der Waals surface area contributed by atoms with Crippen molar-refractivity contribution in [3.05, 3.63) is 65.7 Å². The first-order chi connectivity index (χ1) is 11.6. The second-order valence-corrected chi connectivity index (χ2v) is 5.21. The topological polar surface area (TPSA) is 70.6 Å². The SMILES string of the molecule is C/C=C(/NNC(=O)COc1ccc(CC)cc1)c1ccc(O)cc1. The zero-order valence-electron chi connectivity index (χ0n) is 13.9. The molecule has 2 aromatic rings. The first-order valence-electron chi connectivity index (χ1n) is 7.84. The van der Waals surface area contributed by atoms with Crippen molar-refractivity contribution in [1.29, 1.82) is 0 Å². The molecule has 24 heavy (non-hydrogen) atoms. The lowest BCUT2D eigenvalue weighted by Gasteiger charge is -2.13. The molecule has 5 heteroatoms. The maximum Gasteiger partial charge on any atom is 0.276 e. The summed E-state index contributed by atoms with van der Waals surface area (Å²) in [4.78, 5) is 11.9. The number of aromatic hydroxyl groups is 1. The van der Waals surface area contributed by atoms with Crippen LogP contribution in [0, 0.1) is 0 Å². The highest BCUT2D eigenvalue weighted by atomic mass is 16.5. The van der Waals surface area contributed by atoms with Gasteiger partial charge in [-0.1, -0.05) is 25.1 Å². The normalized spacial score (nSPS) is 11.0. The van der Waals surface area contributed by atoms with Crippen molar-refractivity contribution in [2.75, 3.05) is 6.61 Å². The predicted molar refractivity (Wildman–Crippen MR) is 94.4 cm³/mol. The molecule has 2 rings (SSSR count). The molecule has 0 bridgehead atoms. The molecule has 5 nitrogen and oxygen atoms in total. The van der Waals surface area contributed by atoms with E-state index in [1.807, 2.05) is 37.3 Å². The Morgan fingerprint density at radius 3 is 2.33 bits per heavy atom. The molecule has 1 amide bonds. The van der Waals surface area contributed by atoms with Crippen LogP contribution in [0.25, 0.3) is 5.70 Å². The van der Waals surface area contributed by atoms with Gasteiger partial charge in [-0.25, -0.2) is 0 Å². The largest absolute Gasteiger partial charge is 0.508 e. The zero-order valence-corrected chi connectivity index (χ0v) is 13.9. The van der Waals surface area contributed by atoms with Gasteiger partial charge < -0.3 is 9.84 Å².